The van der Waals surface area contributed by atoms with Gasteiger partial charge in [0.05, 0.1) is 19.3 Å². The van der Waals surface area contributed by atoms with E-state index >= 15 is 0 Å². The summed E-state index contributed by atoms with van der Waals surface area (Å²) in [6.07, 6.45) is -1.01. The van der Waals surface area contributed by atoms with Gasteiger partial charge in [0, 0.05) is 12.1 Å². The first-order valence-electron chi connectivity index (χ1n) is 7.84. The smallest absolute Gasteiger partial charge is 0.410 e. The van der Waals surface area contributed by atoms with E-state index in [4.69, 9.17) is 9.47 Å². The molecule has 0 aliphatic carbocycles. The van der Waals surface area contributed by atoms with Crippen molar-refractivity contribution < 1.29 is 23.5 Å². The van der Waals surface area contributed by atoms with Gasteiger partial charge in [-0.3, -0.25) is 9.69 Å². The molecule has 1 aromatic carbocycles. The van der Waals surface area contributed by atoms with Gasteiger partial charge in [0.15, 0.2) is 0 Å². The first kappa shape index (κ1) is 18.2. The molecule has 1 aliphatic rings. The van der Waals surface area contributed by atoms with Crippen LogP contribution in [-0.4, -0.2) is 48.2 Å². The normalized spacial score (nSPS) is 18.8. The highest BCUT2D eigenvalue weighted by Crippen LogP contribution is 2.13. The number of hydrogen-bond acceptors (Lipinski definition) is 4. The fraction of sp³-hybridized carbons (Fsp3) is 0.529. The molecule has 1 aromatic rings. The van der Waals surface area contributed by atoms with E-state index in [-0.39, 0.29) is 38.0 Å². The van der Waals surface area contributed by atoms with Crippen molar-refractivity contribution in [2.45, 2.75) is 39.1 Å². The van der Waals surface area contributed by atoms with Crippen molar-refractivity contribution >= 4 is 12.0 Å². The Bertz CT molecular complexity index is 600. The minimum Gasteiger partial charge on any atom is -0.444 e. The van der Waals surface area contributed by atoms with Crippen molar-refractivity contribution in [2.75, 3.05) is 19.6 Å². The molecule has 1 fully saturated rings. The average Bonchev–Trinajstić information content (AvgIpc) is 2.67. The Morgan fingerprint density at radius 2 is 2.08 bits per heavy atom. The summed E-state index contributed by atoms with van der Waals surface area (Å²) in [6, 6.07) is 6.33. The third-order valence-electron chi connectivity index (χ3n) is 3.37. The van der Waals surface area contributed by atoms with Gasteiger partial charge in [0.25, 0.3) is 0 Å². The second-order valence-corrected chi connectivity index (χ2v) is 6.69. The molecule has 1 atom stereocenters. The van der Waals surface area contributed by atoms with E-state index in [1.54, 1.807) is 39.0 Å². The molecule has 132 valence electrons. The lowest BCUT2D eigenvalue weighted by Gasteiger charge is -2.27. The van der Waals surface area contributed by atoms with E-state index in [1.807, 2.05) is 0 Å². The number of halogens is 1. The third-order valence-corrected chi connectivity index (χ3v) is 3.37. The number of carbonyl (C=O) groups is 2. The van der Waals surface area contributed by atoms with Gasteiger partial charge in [-0.1, -0.05) is 18.2 Å². The molecule has 0 bridgehead atoms. The second-order valence-electron chi connectivity index (χ2n) is 6.69. The van der Waals surface area contributed by atoms with Crippen LogP contribution in [0.4, 0.5) is 9.18 Å². The standard InChI is InChI=1S/C17H23FN2O4/c1-17(2,3)24-16(22)20-9-13(8-19-15(21)10-20)23-11-12-6-4-5-7-14(12)18/h4-7,13H,8-11H2,1-3H3,(H,19,21). The monoisotopic (exact) mass is 338 g/mol. The molecule has 0 aromatic heterocycles. The number of carbonyl (C=O) groups excluding carboxylic acids is 2. The minimum absolute atomic E-state index is 0.0649. The summed E-state index contributed by atoms with van der Waals surface area (Å²) < 4.78 is 24.6. The highest BCUT2D eigenvalue weighted by Gasteiger charge is 2.29. The van der Waals surface area contributed by atoms with Gasteiger partial charge in [-0.15, -0.1) is 0 Å². The van der Waals surface area contributed by atoms with Gasteiger partial charge < -0.3 is 14.8 Å². The fourth-order valence-electron chi connectivity index (χ4n) is 2.23. The molecule has 7 heteroatoms. The zero-order valence-electron chi connectivity index (χ0n) is 14.2. The summed E-state index contributed by atoms with van der Waals surface area (Å²) in [5.41, 5.74) is -0.222. The Hall–Kier alpha value is -2.15. The number of nitrogens with one attached hydrogen (secondary N) is 1. The maximum atomic E-state index is 13.6. The zero-order chi connectivity index (χ0) is 17.7. The van der Waals surface area contributed by atoms with E-state index in [1.165, 1.54) is 11.0 Å². The molecule has 0 spiro atoms. The highest BCUT2D eigenvalue weighted by molar-refractivity contribution is 5.82. The van der Waals surface area contributed by atoms with Gasteiger partial charge in [-0.2, -0.15) is 0 Å². The Morgan fingerprint density at radius 3 is 2.75 bits per heavy atom. The van der Waals surface area contributed by atoms with E-state index in [9.17, 15) is 14.0 Å². The van der Waals surface area contributed by atoms with Crippen molar-refractivity contribution in [3.63, 3.8) is 0 Å². The Kier molecular flexibility index (Phi) is 5.77. The maximum Gasteiger partial charge on any atom is 0.410 e. The van der Waals surface area contributed by atoms with E-state index in [2.05, 4.69) is 5.32 Å². The van der Waals surface area contributed by atoms with Crippen molar-refractivity contribution in [2.24, 2.45) is 0 Å². The Balaban J connectivity index is 1.98. The predicted octanol–water partition coefficient (Wildman–Crippen LogP) is 2.08. The molecule has 24 heavy (non-hydrogen) atoms. The molecule has 1 saturated heterocycles. The van der Waals surface area contributed by atoms with Crippen molar-refractivity contribution in [3.05, 3.63) is 35.6 Å². The first-order valence-corrected chi connectivity index (χ1v) is 7.84. The van der Waals surface area contributed by atoms with Gasteiger partial charge in [0.2, 0.25) is 5.91 Å². The van der Waals surface area contributed by atoms with Crippen molar-refractivity contribution in [3.8, 4) is 0 Å². The number of benzene rings is 1. The Labute approximate surface area is 140 Å². The summed E-state index contributed by atoms with van der Waals surface area (Å²) in [5.74, 6) is -0.628. The van der Waals surface area contributed by atoms with E-state index in [0.29, 0.717) is 5.56 Å². The molecule has 0 radical (unpaired) electrons. The lowest BCUT2D eigenvalue weighted by molar-refractivity contribution is -0.121. The van der Waals surface area contributed by atoms with Crippen molar-refractivity contribution in [1.82, 2.24) is 10.2 Å². The molecule has 2 rings (SSSR count). The van der Waals surface area contributed by atoms with Crippen LogP contribution in [0, 0.1) is 5.82 Å². The van der Waals surface area contributed by atoms with Crippen LogP contribution in [0.1, 0.15) is 26.3 Å². The van der Waals surface area contributed by atoms with Crippen LogP contribution < -0.4 is 5.32 Å². The first-order chi connectivity index (χ1) is 11.2. The number of rotatable bonds is 3. The number of hydrogen-bond donors (Lipinski definition) is 1. The molecule has 0 saturated carbocycles. The molecular formula is C17H23FN2O4. The predicted molar refractivity (Wildman–Crippen MR) is 85.8 cm³/mol. The molecule has 2 amide bonds. The average molecular weight is 338 g/mol. The van der Waals surface area contributed by atoms with Crippen LogP contribution in [0.5, 0.6) is 0 Å². The molecule has 1 aliphatic heterocycles. The van der Waals surface area contributed by atoms with Crippen molar-refractivity contribution in [1.29, 1.82) is 0 Å². The summed E-state index contributed by atoms with van der Waals surface area (Å²) >= 11 is 0. The zero-order valence-corrected chi connectivity index (χ0v) is 14.2. The lowest BCUT2D eigenvalue weighted by atomic mass is 10.2. The summed E-state index contributed by atoms with van der Waals surface area (Å²) in [4.78, 5) is 25.3. The molecule has 1 unspecified atom stereocenters. The Morgan fingerprint density at radius 1 is 1.38 bits per heavy atom. The van der Waals surface area contributed by atoms with E-state index < -0.39 is 17.8 Å². The van der Waals surface area contributed by atoms with Gasteiger partial charge >= 0.3 is 6.09 Å². The SMILES string of the molecule is CC(C)(C)OC(=O)N1CC(=O)NCC(OCc2ccccc2F)C1. The number of amides is 2. The van der Waals surface area contributed by atoms with Gasteiger partial charge in [-0.05, 0) is 26.8 Å². The van der Waals surface area contributed by atoms with Crippen LogP contribution in [0.25, 0.3) is 0 Å². The van der Waals surface area contributed by atoms with Crippen LogP contribution >= 0.6 is 0 Å². The summed E-state index contributed by atoms with van der Waals surface area (Å²) in [5, 5.41) is 2.69. The van der Waals surface area contributed by atoms with Gasteiger partial charge in [0.1, 0.15) is 18.0 Å². The summed E-state index contributed by atoms with van der Waals surface area (Å²) in [6.45, 7) is 5.71. The van der Waals surface area contributed by atoms with Crippen LogP contribution in [0.2, 0.25) is 0 Å². The molecule has 1 N–H and O–H groups in total. The number of nitrogens with zero attached hydrogens (tertiary/aromatic N) is 1. The largest absolute Gasteiger partial charge is 0.444 e. The summed E-state index contributed by atoms with van der Waals surface area (Å²) in [7, 11) is 0. The van der Waals surface area contributed by atoms with E-state index in [0.717, 1.165) is 0 Å². The van der Waals surface area contributed by atoms with Crippen LogP contribution in [0.15, 0.2) is 24.3 Å². The molecule has 6 nitrogen and oxygen atoms in total. The maximum absolute atomic E-state index is 13.6. The van der Waals surface area contributed by atoms with Crippen LogP contribution in [-0.2, 0) is 20.9 Å². The quantitative estimate of drug-likeness (QED) is 0.916. The topological polar surface area (TPSA) is 67.9 Å². The minimum atomic E-state index is -0.649. The van der Waals surface area contributed by atoms with Gasteiger partial charge in [-0.25, -0.2) is 9.18 Å². The molecular weight excluding hydrogens is 315 g/mol. The third kappa shape index (κ3) is 5.49. The lowest BCUT2D eigenvalue weighted by Crippen LogP contribution is -2.42. The highest BCUT2D eigenvalue weighted by atomic mass is 19.1. The fourth-order valence-corrected chi connectivity index (χ4v) is 2.23. The second kappa shape index (κ2) is 7.61. The van der Waals surface area contributed by atoms with Crippen LogP contribution in [0.3, 0.4) is 0 Å². The molecule has 1 heterocycles. The number of ether oxygens (including phenoxy) is 2.